The zero-order valence-electron chi connectivity index (χ0n) is 11.0. The summed E-state index contributed by atoms with van der Waals surface area (Å²) < 4.78 is 30.5. The number of carbonyl (C=O) groups is 1. The van der Waals surface area contributed by atoms with Gasteiger partial charge in [-0.15, -0.1) is 0 Å². The van der Waals surface area contributed by atoms with Crippen LogP contribution in [0.1, 0.15) is 11.1 Å². The lowest BCUT2D eigenvalue weighted by atomic mass is 10.1. The van der Waals surface area contributed by atoms with Gasteiger partial charge in [-0.2, -0.15) is 12.7 Å². The summed E-state index contributed by atoms with van der Waals surface area (Å²) in [6.07, 6.45) is -1.05. The highest BCUT2D eigenvalue weighted by atomic mass is 32.2. The Labute approximate surface area is 122 Å². The summed E-state index contributed by atoms with van der Waals surface area (Å²) in [6.45, 7) is 0.0583. The van der Waals surface area contributed by atoms with Gasteiger partial charge >= 0.3 is 16.3 Å². The molecule has 1 aromatic rings. The van der Waals surface area contributed by atoms with Gasteiger partial charge in [-0.3, -0.25) is 0 Å². The molecule has 3 N–H and O–H groups in total. The Hall–Kier alpha value is -1.71. The summed E-state index contributed by atoms with van der Waals surface area (Å²) in [5.41, 5.74) is 6.84. The van der Waals surface area contributed by atoms with E-state index >= 15 is 0 Å². The summed E-state index contributed by atoms with van der Waals surface area (Å²) in [5, 5.41) is 0. The maximum Gasteiger partial charge on any atom is 0.421 e. The normalized spacial score (nSPS) is 11.2. The second-order valence-electron chi connectivity index (χ2n) is 3.92. The molecule has 0 heterocycles. The third-order valence-electron chi connectivity index (χ3n) is 2.42. The van der Waals surface area contributed by atoms with Crippen LogP contribution < -0.4 is 10.5 Å². The van der Waals surface area contributed by atoms with Crippen molar-refractivity contribution in [3.63, 3.8) is 0 Å². The molecule has 1 rings (SSSR count). The molecule has 0 aliphatic rings. The number of nitrogens with two attached hydrogens (primary N) is 1. The zero-order chi connectivity index (χ0) is 15.3. The number of benzene rings is 1. The first-order valence-corrected chi connectivity index (χ1v) is 7.32. The van der Waals surface area contributed by atoms with Crippen molar-refractivity contribution in [3.05, 3.63) is 35.4 Å². The van der Waals surface area contributed by atoms with Crippen LogP contribution in [-0.4, -0.2) is 38.0 Å². The fourth-order valence-electron chi connectivity index (χ4n) is 1.39. The maximum absolute atomic E-state index is 11.8. The van der Waals surface area contributed by atoms with Gasteiger partial charge in [0.2, 0.25) is 0 Å². The van der Waals surface area contributed by atoms with Gasteiger partial charge in [-0.25, -0.2) is 9.52 Å². The molecular formula is C11H15N3O4S2. The van der Waals surface area contributed by atoms with Crippen LogP contribution in [0.15, 0.2) is 24.3 Å². The first-order chi connectivity index (χ1) is 9.26. The molecule has 0 atom stereocenters. The maximum atomic E-state index is 11.8. The Morgan fingerprint density at radius 3 is 2.70 bits per heavy atom. The van der Waals surface area contributed by atoms with E-state index in [1.807, 2.05) is 0 Å². The number of hydrogen-bond donors (Lipinski definition) is 2. The highest BCUT2D eigenvalue weighted by Crippen LogP contribution is 2.09. The molecule has 7 nitrogen and oxygen atoms in total. The lowest BCUT2D eigenvalue weighted by molar-refractivity contribution is 0.177. The van der Waals surface area contributed by atoms with Gasteiger partial charge in [-0.1, -0.05) is 30.4 Å². The molecule has 0 aliphatic carbocycles. The number of thiocarbonyl (C=S) groups is 1. The van der Waals surface area contributed by atoms with Crippen molar-refractivity contribution in [1.82, 2.24) is 9.03 Å². The van der Waals surface area contributed by atoms with Gasteiger partial charge in [0, 0.05) is 19.2 Å². The van der Waals surface area contributed by atoms with Gasteiger partial charge in [0.25, 0.3) is 0 Å². The smallest absolute Gasteiger partial charge is 0.421 e. The van der Waals surface area contributed by atoms with Crippen molar-refractivity contribution in [2.75, 3.05) is 14.2 Å². The van der Waals surface area contributed by atoms with E-state index in [4.69, 9.17) is 18.0 Å². The van der Waals surface area contributed by atoms with E-state index in [-0.39, 0.29) is 11.5 Å². The van der Waals surface area contributed by atoms with E-state index in [0.29, 0.717) is 11.1 Å². The van der Waals surface area contributed by atoms with Gasteiger partial charge in [0.15, 0.2) is 0 Å². The zero-order valence-corrected chi connectivity index (χ0v) is 12.6. The average molecular weight is 317 g/mol. The monoisotopic (exact) mass is 317 g/mol. The van der Waals surface area contributed by atoms with Crippen molar-refractivity contribution in [2.45, 2.75) is 6.54 Å². The second-order valence-corrected chi connectivity index (χ2v) is 6.14. The average Bonchev–Trinajstić information content (AvgIpc) is 2.38. The first-order valence-electron chi connectivity index (χ1n) is 5.47. The molecule has 0 saturated heterocycles. The van der Waals surface area contributed by atoms with Gasteiger partial charge in [0.1, 0.15) is 4.99 Å². The number of ether oxygens (including phenoxy) is 1. The molecule has 0 saturated carbocycles. The third kappa shape index (κ3) is 4.44. The highest BCUT2D eigenvalue weighted by Gasteiger charge is 2.21. The Bertz CT molecular complexity index is 616. The summed E-state index contributed by atoms with van der Waals surface area (Å²) >= 11 is 4.85. The minimum atomic E-state index is -3.96. The van der Waals surface area contributed by atoms with E-state index in [1.165, 1.54) is 7.05 Å². The summed E-state index contributed by atoms with van der Waals surface area (Å²) in [6, 6.07) is 6.86. The minimum absolute atomic E-state index is 0.0583. The Morgan fingerprint density at radius 2 is 2.15 bits per heavy atom. The van der Waals surface area contributed by atoms with Crippen LogP contribution in [-0.2, 0) is 21.5 Å². The molecule has 9 heteroatoms. The van der Waals surface area contributed by atoms with Crippen LogP contribution in [0.5, 0.6) is 0 Å². The molecule has 110 valence electrons. The van der Waals surface area contributed by atoms with Crippen molar-refractivity contribution < 1.29 is 17.9 Å². The number of amides is 1. The van der Waals surface area contributed by atoms with Crippen molar-refractivity contribution >= 4 is 33.5 Å². The Balaban J connectivity index is 2.85. The van der Waals surface area contributed by atoms with Crippen LogP contribution in [0.3, 0.4) is 0 Å². The second kappa shape index (κ2) is 6.64. The van der Waals surface area contributed by atoms with Gasteiger partial charge < -0.3 is 10.5 Å². The van der Waals surface area contributed by atoms with Crippen LogP contribution in [0.25, 0.3) is 0 Å². The molecule has 0 bridgehead atoms. The van der Waals surface area contributed by atoms with Gasteiger partial charge in [-0.05, 0) is 11.6 Å². The number of methoxy groups -OCH3 is 1. The number of rotatable bonds is 5. The molecule has 1 amide bonds. The minimum Gasteiger partial charge on any atom is -0.452 e. The molecule has 0 fully saturated rings. The van der Waals surface area contributed by atoms with E-state index < -0.39 is 16.3 Å². The van der Waals surface area contributed by atoms with Crippen molar-refractivity contribution in [1.29, 1.82) is 0 Å². The van der Waals surface area contributed by atoms with Crippen LogP contribution in [0.2, 0.25) is 0 Å². The molecular weight excluding hydrogens is 302 g/mol. The molecule has 0 unspecified atom stereocenters. The fourth-order valence-corrected chi connectivity index (χ4v) is 2.29. The van der Waals surface area contributed by atoms with Crippen LogP contribution in [0.4, 0.5) is 4.79 Å². The SMILES string of the molecule is COC(=O)NS(=O)(=O)N(C)Cc1cccc(C(N)=S)c1. The first kappa shape index (κ1) is 16.3. The van der Waals surface area contributed by atoms with Crippen molar-refractivity contribution in [2.24, 2.45) is 5.73 Å². The number of hydrogen-bond acceptors (Lipinski definition) is 5. The lowest BCUT2D eigenvalue weighted by Crippen LogP contribution is -2.41. The molecule has 20 heavy (non-hydrogen) atoms. The molecule has 0 aliphatic heterocycles. The predicted molar refractivity (Wildman–Crippen MR) is 78.3 cm³/mol. The number of carbonyl (C=O) groups excluding carboxylic acids is 1. The van der Waals surface area contributed by atoms with E-state index in [2.05, 4.69) is 4.74 Å². The predicted octanol–water partition coefficient (Wildman–Crippen LogP) is 0.353. The van der Waals surface area contributed by atoms with E-state index in [0.717, 1.165) is 11.4 Å². The molecule has 0 spiro atoms. The number of nitrogens with zero attached hydrogens (tertiary/aromatic N) is 1. The van der Waals surface area contributed by atoms with Crippen molar-refractivity contribution in [3.8, 4) is 0 Å². The highest BCUT2D eigenvalue weighted by molar-refractivity contribution is 7.87. The quantitative estimate of drug-likeness (QED) is 0.760. The topological polar surface area (TPSA) is 102 Å². The van der Waals surface area contributed by atoms with Gasteiger partial charge in [0.05, 0.1) is 7.11 Å². The molecule has 1 aromatic carbocycles. The van der Waals surface area contributed by atoms with E-state index in [1.54, 1.807) is 29.0 Å². The van der Waals surface area contributed by atoms with Crippen LogP contribution in [0, 0.1) is 0 Å². The number of nitrogens with one attached hydrogen (secondary N) is 1. The Kier molecular flexibility index (Phi) is 5.43. The Morgan fingerprint density at radius 1 is 1.50 bits per heavy atom. The lowest BCUT2D eigenvalue weighted by Gasteiger charge is -2.17. The fraction of sp³-hybridized carbons (Fsp3) is 0.273. The van der Waals surface area contributed by atoms with E-state index in [9.17, 15) is 13.2 Å². The third-order valence-corrected chi connectivity index (χ3v) is 4.03. The largest absolute Gasteiger partial charge is 0.452 e. The summed E-state index contributed by atoms with van der Waals surface area (Å²) in [5.74, 6) is 0. The molecule has 0 radical (unpaired) electrons. The molecule has 0 aromatic heterocycles. The van der Waals surface area contributed by atoms with Crippen LogP contribution >= 0.6 is 12.2 Å². The summed E-state index contributed by atoms with van der Waals surface area (Å²) in [4.78, 5) is 11.2. The standard InChI is InChI=1S/C11H15N3O4S2/c1-14(20(16,17)13-11(15)18-2)7-8-4-3-5-9(6-8)10(12)19/h3-6H,7H2,1-2H3,(H2,12,19)(H,13,15). The summed E-state index contributed by atoms with van der Waals surface area (Å²) in [7, 11) is -1.55.